The first-order valence-electron chi connectivity index (χ1n) is 8.49. The van der Waals surface area contributed by atoms with Gasteiger partial charge < -0.3 is 14.4 Å². The fourth-order valence-corrected chi connectivity index (χ4v) is 2.80. The maximum absolute atomic E-state index is 12.7. The molecule has 0 aliphatic carbocycles. The fourth-order valence-electron chi connectivity index (χ4n) is 2.80. The van der Waals surface area contributed by atoms with Crippen LogP contribution in [0.2, 0.25) is 0 Å². The number of ether oxygens (including phenoxy) is 2. The summed E-state index contributed by atoms with van der Waals surface area (Å²) in [5, 5.41) is 0. The van der Waals surface area contributed by atoms with Crippen LogP contribution in [0, 0.1) is 0 Å². The minimum atomic E-state index is -4.38. The summed E-state index contributed by atoms with van der Waals surface area (Å²) in [6, 6.07) is 6.54. The molecule has 2 atom stereocenters. The van der Waals surface area contributed by atoms with Gasteiger partial charge in [-0.1, -0.05) is 18.7 Å². The predicted octanol–water partition coefficient (Wildman–Crippen LogP) is 2.86. The average molecular weight is 393 g/mol. The molecule has 0 N–H and O–H groups in total. The van der Waals surface area contributed by atoms with Crippen LogP contribution in [0.25, 0.3) is 0 Å². The molecule has 1 fully saturated rings. The minimum absolute atomic E-state index is 0.0778. The third-order valence-corrected chi connectivity index (χ3v) is 4.25. The average Bonchev–Trinajstić information content (AvgIpc) is 3.09. The number of amides is 1. The number of likely N-dealkylation sites (tertiary alicyclic amines) is 1. The van der Waals surface area contributed by atoms with E-state index in [4.69, 9.17) is 9.47 Å². The summed E-state index contributed by atoms with van der Waals surface area (Å²) in [6.07, 6.45) is -1.13. The van der Waals surface area contributed by atoms with Crippen LogP contribution in [0.4, 0.5) is 13.2 Å². The molecule has 9 heteroatoms. The zero-order chi connectivity index (χ0) is 20.1. The molecule has 3 rings (SSSR count). The number of alkyl halides is 3. The van der Waals surface area contributed by atoms with Gasteiger partial charge in [-0.05, 0) is 29.8 Å². The van der Waals surface area contributed by atoms with E-state index in [0.717, 1.165) is 12.1 Å². The van der Waals surface area contributed by atoms with E-state index < -0.39 is 23.9 Å². The summed E-state index contributed by atoms with van der Waals surface area (Å²) in [5.74, 6) is -0.261. The number of benzene rings is 1. The van der Waals surface area contributed by atoms with Crippen LogP contribution in [0.3, 0.4) is 0 Å². The van der Waals surface area contributed by atoms with Gasteiger partial charge in [-0.3, -0.25) is 4.79 Å². The van der Waals surface area contributed by atoms with Gasteiger partial charge in [-0.15, -0.1) is 0 Å². The van der Waals surface area contributed by atoms with Crippen molar-refractivity contribution in [3.05, 3.63) is 66.5 Å². The van der Waals surface area contributed by atoms with E-state index in [1.807, 2.05) is 0 Å². The Hall–Kier alpha value is -2.94. The lowest BCUT2D eigenvalue weighted by molar-refractivity contribution is -0.137. The summed E-state index contributed by atoms with van der Waals surface area (Å²) in [4.78, 5) is 21.4. The molecule has 1 saturated heterocycles. The van der Waals surface area contributed by atoms with Gasteiger partial charge in [-0.2, -0.15) is 13.2 Å². The van der Waals surface area contributed by atoms with Gasteiger partial charge in [0.05, 0.1) is 25.3 Å². The SMILES string of the molecule is C=CC(=O)N1C[C@H](OCc2ccc(C(F)(F)F)cc2)[C@@H](Oc2ncccn2)C1. The predicted molar refractivity (Wildman–Crippen MR) is 93.2 cm³/mol. The summed E-state index contributed by atoms with van der Waals surface area (Å²) in [7, 11) is 0. The molecular formula is C19H18F3N3O3. The number of hydrogen-bond acceptors (Lipinski definition) is 5. The topological polar surface area (TPSA) is 64.6 Å². The highest BCUT2D eigenvalue weighted by Gasteiger charge is 2.37. The maximum Gasteiger partial charge on any atom is 0.416 e. The number of carbonyl (C=O) groups is 1. The Kier molecular flexibility index (Phi) is 5.93. The lowest BCUT2D eigenvalue weighted by atomic mass is 10.1. The van der Waals surface area contributed by atoms with Gasteiger partial charge in [0, 0.05) is 12.4 Å². The van der Waals surface area contributed by atoms with Crippen LogP contribution >= 0.6 is 0 Å². The van der Waals surface area contributed by atoms with E-state index in [2.05, 4.69) is 16.5 Å². The van der Waals surface area contributed by atoms with Crippen LogP contribution in [-0.2, 0) is 22.3 Å². The highest BCUT2D eigenvalue weighted by Crippen LogP contribution is 2.29. The highest BCUT2D eigenvalue weighted by molar-refractivity contribution is 5.87. The second kappa shape index (κ2) is 8.39. The molecule has 1 amide bonds. The molecule has 1 aromatic carbocycles. The number of halogens is 3. The third-order valence-electron chi connectivity index (χ3n) is 4.25. The highest BCUT2D eigenvalue weighted by atomic mass is 19.4. The Labute approximate surface area is 159 Å². The Morgan fingerprint density at radius 3 is 2.43 bits per heavy atom. The lowest BCUT2D eigenvalue weighted by Crippen LogP contribution is -2.33. The molecule has 148 valence electrons. The van der Waals surface area contributed by atoms with Gasteiger partial charge in [0.25, 0.3) is 0 Å². The van der Waals surface area contributed by atoms with Crippen molar-refractivity contribution in [3.63, 3.8) is 0 Å². The van der Waals surface area contributed by atoms with Crippen molar-refractivity contribution < 1.29 is 27.4 Å². The van der Waals surface area contributed by atoms with Crippen LogP contribution in [0.15, 0.2) is 55.4 Å². The minimum Gasteiger partial charge on any atom is -0.455 e. The molecule has 0 spiro atoms. The van der Waals surface area contributed by atoms with E-state index >= 15 is 0 Å². The van der Waals surface area contributed by atoms with Crippen molar-refractivity contribution in [1.82, 2.24) is 14.9 Å². The maximum atomic E-state index is 12.7. The van der Waals surface area contributed by atoms with Gasteiger partial charge in [0.15, 0.2) is 0 Å². The summed E-state index contributed by atoms with van der Waals surface area (Å²) >= 11 is 0. The number of nitrogens with zero attached hydrogens (tertiary/aromatic N) is 3. The van der Waals surface area contributed by atoms with Crippen molar-refractivity contribution in [2.24, 2.45) is 0 Å². The summed E-state index contributed by atoms with van der Waals surface area (Å²) < 4.78 is 49.5. The first kappa shape index (κ1) is 19.8. The van der Waals surface area contributed by atoms with Gasteiger partial charge in [0.2, 0.25) is 5.91 Å². The summed E-state index contributed by atoms with van der Waals surface area (Å²) in [5.41, 5.74) is -0.140. The Morgan fingerprint density at radius 2 is 1.82 bits per heavy atom. The van der Waals surface area contributed by atoms with Gasteiger partial charge in [-0.25, -0.2) is 9.97 Å². The number of aromatic nitrogens is 2. The van der Waals surface area contributed by atoms with E-state index in [1.165, 1.54) is 35.5 Å². The molecule has 1 aromatic heterocycles. The molecule has 28 heavy (non-hydrogen) atoms. The van der Waals surface area contributed by atoms with Crippen molar-refractivity contribution in [2.45, 2.75) is 25.0 Å². The fraction of sp³-hybridized carbons (Fsp3) is 0.316. The van der Waals surface area contributed by atoms with Crippen LogP contribution in [-0.4, -0.2) is 46.1 Å². The lowest BCUT2D eigenvalue weighted by Gasteiger charge is -2.19. The monoisotopic (exact) mass is 393 g/mol. The third kappa shape index (κ3) is 4.86. The molecule has 0 radical (unpaired) electrons. The number of carbonyl (C=O) groups excluding carboxylic acids is 1. The second-order valence-electron chi connectivity index (χ2n) is 6.18. The zero-order valence-electron chi connectivity index (χ0n) is 14.8. The first-order chi connectivity index (χ1) is 13.4. The Bertz CT molecular complexity index is 813. The van der Waals surface area contributed by atoms with E-state index in [9.17, 15) is 18.0 Å². The Morgan fingerprint density at radius 1 is 1.18 bits per heavy atom. The summed E-state index contributed by atoms with van der Waals surface area (Å²) in [6.45, 7) is 4.08. The smallest absolute Gasteiger partial charge is 0.416 e. The molecule has 6 nitrogen and oxygen atoms in total. The number of rotatable bonds is 6. The van der Waals surface area contributed by atoms with E-state index in [0.29, 0.717) is 5.56 Å². The zero-order valence-corrected chi connectivity index (χ0v) is 14.8. The van der Waals surface area contributed by atoms with E-state index in [1.54, 1.807) is 6.07 Å². The largest absolute Gasteiger partial charge is 0.455 e. The molecular weight excluding hydrogens is 375 g/mol. The molecule has 2 heterocycles. The Balaban J connectivity index is 1.66. The van der Waals surface area contributed by atoms with Gasteiger partial charge in [0.1, 0.15) is 12.2 Å². The van der Waals surface area contributed by atoms with Crippen LogP contribution in [0.5, 0.6) is 6.01 Å². The molecule has 1 aliphatic heterocycles. The number of hydrogen-bond donors (Lipinski definition) is 0. The van der Waals surface area contributed by atoms with E-state index in [-0.39, 0.29) is 31.6 Å². The van der Waals surface area contributed by atoms with Crippen LogP contribution in [0.1, 0.15) is 11.1 Å². The van der Waals surface area contributed by atoms with Crippen molar-refractivity contribution in [3.8, 4) is 6.01 Å². The van der Waals surface area contributed by atoms with Gasteiger partial charge >= 0.3 is 12.2 Å². The standard InChI is InChI=1S/C19H18F3N3O3/c1-2-17(26)25-10-15(16(11-25)28-18-23-8-3-9-24-18)27-12-13-4-6-14(7-5-13)19(20,21)22/h2-9,15-16H,1,10-12H2/t15-,16-/m0/s1. The molecule has 0 saturated carbocycles. The molecule has 1 aliphatic rings. The normalized spacial score (nSPS) is 19.5. The molecule has 0 bridgehead atoms. The first-order valence-corrected chi connectivity index (χ1v) is 8.49. The van der Waals surface area contributed by atoms with Crippen molar-refractivity contribution in [2.75, 3.05) is 13.1 Å². The van der Waals surface area contributed by atoms with Crippen molar-refractivity contribution in [1.29, 1.82) is 0 Å². The molecule has 2 aromatic rings. The quantitative estimate of drug-likeness (QED) is 0.707. The van der Waals surface area contributed by atoms with Crippen LogP contribution < -0.4 is 4.74 Å². The second-order valence-corrected chi connectivity index (χ2v) is 6.18. The van der Waals surface area contributed by atoms with Crippen molar-refractivity contribution >= 4 is 5.91 Å². The molecule has 0 unspecified atom stereocenters.